The van der Waals surface area contributed by atoms with Crippen molar-refractivity contribution in [2.24, 2.45) is 0 Å². The summed E-state index contributed by atoms with van der Waals surface area (Å²) in [6.07, 6.45) is -1.25. The normalized spacial score (nSPS) is 24.7. The molecule has 0 saturated carbocycles. The molecule has 2 aliphatic heterocycles. The molecule has 2 aliphatic rings. The van der Waals surface area contributed by atoms with E-state index in [1.54, 1.807) is 12.1 Å². The summed E-state index contributed by atoms with van der Waals surface area (Å²) in [5, 5.41) is 6.88. The van der Waals surface area contributed by atoms with Gasteiger partial charge in [0.2, 0.25) is 0 Å². The van der Waals surface area contributed by atoms with Crippen LogP contribution in [0.5, 0.6) is 10.8 Å². The van der Waals surface area contributed by atoms with Crippen molar-refractivity contribution in [3.05, 3.63) is 46.8 Å². The molecule has 0 aliphatic carbocycles. The summed E-state index contributed by atoms with van der Waals surface area (Å²) in [5.74, 6) is -0.0841. The molecule has 138 valence electrons. The van der Waals surface area contributed by atoms with Gasteiger partial charge in [0.1, 0.15) is 5.75 Å². The maximum Gasteiger partial charge on any atom is 0.416 e. The Kier molecular flexibility index (Phi) is 4.40. The molecule has 2 saturated heterocycles. The van der Waals surface area contributed by atoms with Crippen molar-refractivity contribution in [1.82, 2.24) is 10.6 Å². The Morgan fingerprint density at radius 1 is 1.23 bits per heavy atom. The lowest BCUT2D eigenvalue weighted by molar-refractivity contribution is -0.137. The predicted molar refractivity (Wildman–Crippen MR) is 91.7 cm³/mol. The number of hydrogen-bond donors (Lipinski definition) is 2. The molecule has 2 aromatic rings. The van der Waals surface area contributed by atoms with Crippen LogP contribution in [0.3, 0.4) is 0 Å². The van der Waals surface area contributed by atoms with Crippen LogP contribution in [0.2, 0.25) is 0 Å². The zero-order chi connectivity index (χ0) is 18.3. The molecule has 4 nitrogen and oxygen atoms in total. The van der Waals surface area contributed by atoms with Crippen LogP contribution < -0.4 is 15.4 Å². The van der Waals surface area contributed by atoms with Crippen LogP contribution in [0.15, 0.2) is 36.4 Å². The molecule has 8 heteroatoms. The molecule has 4 rings (SSSR count). The topological polar surface area (TPSA) is 50.4 Å². The average Bonchev–Trinajstić information content (AvgIpc) is 3.31. The van der Waals surface area contributed by atoms with E-state index in [9.17, 15) is 18.0 Å². The van der Waals surface area contributed by atoms with Crippen LogP contribution in [-0.2, 0) is 6.18 Å². The number of amides is 1. The van der Waals surface area contributed by atoms with Gasteiger partial charge in [-0.05, 0) is 49.6 Å². The predicted octanol–water partition coefficient (Wildman–Crippen LogP) is 4.18. The molecule has 3 heterocycles. The van der Waals surface area contributed by atoms with Crippen molar-refractivity contribution < 1.29 is 22.7 Å². The highest BCUT2D eigenvalue weighted by molar-refractivity contribution is 7.15. The minimum Gasteiger partial charge on any atom is -0.447 e. The number of ether oxygens (including phenoxy) is 1. The van der Waals surface area contributed by atoms with E-state index in [1.807, 2.05) is 0 Å². The minimum atomic E-state index is -4.42. The molecule has 26 heavy (non-hydrogen) atoms. The highest BCUT2D eigenvalue weighted by Gasteiger charge is 2.39. The third-order valence-electron chi connectivity index (χ3n) is 4.80. The van der Waals surface area contributed by atoms with Crippen LogP contribution in [-0.4, -0.2) is 24.0 Å². The number of nitrogens with one attached hydrogen (secondary N) is 2. The van der Waals surface area contributed by atoms with E-state index in [1.165, 1.54) is 12.1 Å². The van der Waals surface area contributed by atoms with Gasteiger partial charge in [-0.3, -0.25) is 4.79 Å². The number of halogens is 3. The van der Waals surface area contributed by atoms with E-state index in [2.05, 4.69) is 10.6 Å². The van der Waals surface area contributed by atoms with Gasteiger partial charge < -0.3 is 15.4 Å². The molecule has 0 spiro atoms. The number of thiophene rings is 1. The summed E-state index contributed by atoms with van der Waals surface area (Å²) < 4.78 is 43.8. The largest absolute Gasteiger partial charge is 0.447 e. The first-order valence-corrected chi connectivity index (χ1v) is 9.22. The third-order valence-corrected chi connectivity index (χ3v) is 5.76. The van der Waals surface area contributed by atoms with Gasteiger partial charge in [0.15, 0.2) is 5.06 Å². The maximum absolute atomic E-state index is 12.8. The summed E-state index contributed by atoms with van der Waals surface area (Å²) >= 11 is 1.12. The fraction of sp³-hybridized carbons (Fsp3) is 0.389. The van der Waals surface area contributed by atoms with Crippen LogP contribution in [0, 0.1) is 0 Å². The van der Waals surface area contributed by atoms with Crippen LogP contribution >= 0.6 is 11.3 Å². The molecule has 2 N–H and O–H groups in total. The summed E-state index contributed by atoms with van der Waals surface area (Å²) in [6, 6.07) is 8.87. The van der Waals surface area contributed by atoms with Gasteiger partial charge in [-0.15, -0.1) is 0 Å². The van der Waals surface area contributed by atoms with Gasteiger partial charge in [-0.1, -0.05) is 17.4 Å². The van der Waals surface area contributed by atoms with Crippen molar-refractivity contribution in [3.8, 4) is 10.8 Å². The molecule has 2 fully saturated rings. The zero-order valence-electron chi connectivity index (χ0n) is 13.7. The van der Waals surface area contributed by atoms with E-state index in [0.717, 1.165) is 42.7 Å². The SMILES string of the molecule is O=C(NC1CC2CCC1N2)c1ccc(Oc2cccc(C(F)(F)F)c2)s1. The molecule has 0 radical (unpaired) electrons. The third kappa shape index (κ3) is 3.57. The van der Waals surface area contributed by atoms with E-state index in [4.69, 9.17) is 4.74 Å². The lowest BCUT2D eigenvalue weighted by atomic mass is 9.95. The fourth-order valence-corrected chi connectivity index (χ4v) is 4.35. The van der Waals surface area contributed by atoms with Crippen molar-refractivity contribution in [1.29, 1.82) is 0 Å². The second kappa shape index (κ2) is 6.59. The van der Waals surface area contributed by atoms with E-state index >= 15 is 0 Å². The Hall–Kier alpha value is -2.06. The molecule has 1 aromatic heterocycles. The molecule has 2 bridgehead atoms. The quantitative estimate of drug-likeness (QED) is 0.834. The second-order valence-electron chi connectivity index (χ2n) is 6.61. The Labute approximate surface area is 152 Å². The first-order valence-electron chi connectivity index (χ1n) is 8.40. The molecule has 3 atom stereocenters. The van der Waals surface area contributed by atoms with Gasteiger partial charge in [0.05, 0.1) is 10.4 Å². The molecular weight excluding hydrogens is 365 g/mol. The molecule has 1 aromatic carbocycles. The lowest BCUT2D eigenvalue weighted by Gasteiger charge is -2.20. The summed E-state index contributed by atoms with van der Waals surface area (Å²) in [6.45, 7) is 0. The van der Waals surface area contributed by atoms with Crippen molar-refractivity contribution >= 4 is 17.2 Å². The summed E-state index contributed by atoms with van der Waals surface area (Å²) in [7, 11) is 0. The highest BCUT2D eigenvalue weighted by atomic mass is 32.1. The number of rotatable bonds is 4. The van der Waals surface area contributed by atoms with Gasteiger partial charge in [0, 0.05) is 18.1 Å². The standard InChI is InChI=1S/C18H17F3N2O2S/c19-18(20,21)10-2-1-3-12(8-10)25-16-7-6-15(26-16)17(24)23-14-9-11-4-5-13(14)22-11/h1-3,6-8,11,13-14,22H,4-5,9H2,(H,23,24). The minimum absolute atomic E-state index is 0.0888. The van der Waals surface area contributed by atoms with Gasteiger partial charge >= 0.3 is 6.18 Å². The monoisotopic (exact) mass is 382 g/mol. The first-order chi connectivity index (χ1) is 12.4. The average molecular weight is 382 g/mol. The van der Waals surface area contributed by atoms with Crippen molar-refractivity contribution in [2.75, 3.05) is 0 Å². The summed E-state index contributed by atoms with van der Waals surface area (Å²) in [4.78, 5) is 12.9. The lowest BCUT2D eigenvalue weighted by Crippen LogP contribution is -2.42. The van der Waals surface area contributed by atoms with Crippen molar-refractivity contribution in [3.63, 3.8) is 0 Å². The summed E-state index contributed by atoms with van der Waals surface area (Å²) in [5.41, 5.74) is -0.770. The number of carbonyl (C=O) groups is 1. The van der Waals surface area contributed by atoms with Gasteiger partial charge in [-0.2, -0.15) is 13.2 Å². The zero-order valence-corrected chi connectivity index (χ0v) is 14.5. The number of fused-ring (bicyclic) bond motifs is 2. The highest BCUT2D eigenvalue weighted by Crippen LogP contribution is 2.35. The van der Waals surface area contributed by atoms with E-state index in [0.29, 0.717) is 22.0 Å². The van der Waals surface area contributed by atoms with Crippen LogP contribution in [0.1, 0.15) is 34.5 Å². The number of alkyl halides is 3. The molecule has 3 unspecified atom stereocenters. The van der Waals surface area contributed by atoms with E-state index in [-0.39, 0.29) is 17.7 Å². The van der Waals surface area contributed by atoms with Gasteiger partial charge in [0.25, 0.3) is 5.91 Å². The Balaban J connectivity index is 1.41. The number of carbonyl (C=O) groups excluding carboxylic acids is 1. The smallest absolute Gasteiger partial charge is 0.416 e. The molecule has 1 amide bonds. The Bertz CT molecular complexity index is 821. The second-order valence-corrected chi connectivity index (χ2v) is 7.66. The van der Waals surface area contributed by atoms with E-state index < -0.39 is 11.7 Å². The number of benzene rings is 1. The maximum atomic E-state index is 12.8. The molecular formula is C18H17F3N2O2S. The van der Waals surface area contributed by atoms with Crippen LogP contribution in [0.25, 0.3) is 0 Å². The fourth-order valence-electron chi connectivity index (χ4n) is 3.57. The van der Waals surface area contributed by atoms with Gasteiger partial charge in [-0.25, -0.2) is 0 Å². The van der Waals surface area contributed by atoms with Crippen molar-refractivity contribution in [2.45, 2.75) is 43.6 Å². The Morgan fingerprint density at radius 2 is 2.08 bits per heavy atom. The first kappa shape index (κ1) is 17.4. The number of hydrogen-bond acceptors (Lipinski definition) is 4. The Morgan fingerprint density at radius 3 is 2.77 bits per heavy atom. The van der Waals surface area contributed by atoms with Crippen LogP contribution in [0.4, 0.5) is 13.2 Å².